The van der Waals surface area contributed by atoms with E-state index in [1.807, 2.05) is 32.9 Å². The number of hydrogen-bond acceptors (Lipinski definition) is 6. The highest BCUT2D eigenvalue weighted by atomic mass is 35.5. The number of carbonyl (C=O) groups is 1. The standard InChI is InChI=1S/C22H27Cl2N5O2/c1-14(23)17-18(15(2)24)26-19(16-6-8-25-9-7-16)27-20(17)28-10-12-29(13-11-28)21(30)31-22(3,4)5/h6-9H,10-13H2,1-5H3/b17-14-,18-15-. The Morgan fingerprint density at radius 1 is 1.00 bits per heavy atom. The first-order valence-electron chi connectivity index (χ1n) is 10.1. The molecule has 1 amide bonds. The van der Waals surface area contributed by atoms with Gasteiger partial charge in [0.1, 0.15) is 11.4 Å². The van der Waals surface area contributed by atoms with E-state index >= 15 is 0 Å². The van der Waals surface area contributed by atoms with Gasteiger partial charge in [0.25, 0.3) is 0 Å². The zero-order valence-electron chi connectivity index (χ0n) is 18.4. The Morgan fingerprint density at radius 3 is 2.13 bits per heavy atom. The van der Waals surface area contributed by atoms with Crippen LogP contribution in [-0.4, -0.2) is 57.7 Å². The molecular formula is C22H27Cl2N5O2. The van der Waals surface area contributed by atoms with E-state index in [4.69, 9.17) is 32.9 Å². The Hall–Kier alpha value is -2.38. The lowest BCUT2D eigenvalue weighted by molar-refractivity contribution is 0.0240. The first-order chi connectivity index (χ1) is 14.6. The SMILES string of the molecule is C/C(Cl)=c1/nc(-c2ccncc2)nc(N2CCN(C(=O)OC(C)(C)C)CC2)/c1=C(/C)Cl. The molecule has 0 saturated carbocycles. The van der Waals surface area contributed by atoms with E-state index in [0.717, 1.165) is 5.56 Å². The highest BCUT2D eigenvalue weighted by molar-refractivity contribution is 6.46. The van der Waals surface area contributed by atoms with Crippen molar-refractivity contribution in [2.75, 3.05) is 31.1 Å². The fourth-order valence-corrected chi connectivity index (χ4v) is 3.61. The number of halogens is 2. The average Bonchev–Trinajstić information content (AvgIpc) is 2.72. The molecule has 1 aliphatic heterocycles. The fraction of sp³-hybridized carbons (Fsp3) is 0.455. The molecule has 166 valence electrons. The summed E-state index contributed by atoms with van der Waals surface area (Å²) in [5, 5.41) is 2.39. The van der Waals surface area contributed by atoms with E-state index < -0.39 is 5.60 Å². The molecule has 2 aromatic heterocycles. The molecule has 0 atom stereocenters. The highest BCUT2D eigenvalue weighted by Gasteiger charge is 2.27. The Balaban J connectivity index is 2.00. The van der Waals surface area contributed by atoms with Gasteiger partial charge in [-0.05, 0) is 46.8 Å². The molecule has 0 radical (unpaired) electrons. The monoisotopic (exact) mass is 463 g/mol. The third kappa shape index (κ3) is 5.66. The molecule has 3 rings (SSSR count). The van der Waals surface area contributed by atoms with Gasteiger partial charge >= 0.3 is 6.09 Å². The largest absolute Gasteiger partial charge is 0.444 e. The number of ether oxygens (including phenoxy) is 1. The van der Waals surface area contributed by atoms with Gasteiger partial charge in [0.2, 0.25) is 0 Å². The molecule has 1 fully saturated rings. The zero-order valence-corrected chi connectivity index (χ0v) is 20.0. The summed E-state index contributed by atoms with van der Waals surface area (Å²) in [6.45, 7) is 11.4. The minimum absolute atomic E-state index is 0.307. The van der Waals surface area contributed by atoms with Crippen LogP contribution >= 0.6 is 23.2 Å². The van der Waals surface area contributed by atoms with Gasteiger partial charge in [0.15, 0.2) is 5.82 Å². The summed E-state index contributed by atoms with van der Waals surface area (Å²) in [6.07, 6.45) is 3.09. The number of anilines is 1. The van der Waals surface area contributed by atoms with Crippen molar-refractivity contribution in [3.63, 3.8) is 0 Å². The van der Waals surface area contributed by atoms with Crippen molar-refractivity contribution in [2.24, 2.45) is 0 Å². The van der Waals surface area contributed by atoms with Crippen molar-refractivity contribution < 1.29 is 9.53 Å². The van der Waals surface area contributed by atoms with E-state index in [2.05, 4.69) is 14.9 Å². The lowest BCUT2D eigenvalue weighted by Crippen LogP contribution is -2.52. The second-order valence-corrected chi connectivity index (χ2v) is 9.49. The van der Waals surface area contributed by atoms with Crippen LogP contribution in [0.1, 0.15) is 34.6 Å². The Labute approximate surface area is 192 Å². The van der Waals surface area contributed by atoms with Gasteiger partial charge < -0.3 is 14.5 Å². The minimum atomic E-state index is -0.527. The van der Waals surface area contributed by atoms with Crippen LogP contribution in [0.3, 0.4) is 0 Å². The number of carbonyl (C=O) groups excluding carboxylic acids is 1. The first-order valence-corrected chi connectivity index (χ1v) is 10.9. The summed E-state index contributed by atoms with van der Waals surface area (Å²) >= 11 is 12.9. The lowest BCUT2D eigenvalue weighted by atomic mass is 10.2. The second-order valence-electron chi connectivity index (χ2n) is 8.35. The van der Waals surface area contributed by atoms with Crippen LogP contribution in [0.4, 0.5) is 10.6 Å². The summed E-state index contributed by atoms with van der Waals surface area (Å²) < 4.78 is 5.50. The summed E-state index contributed by atoms with van der Waals surface area (Å²) in [7, 11) is 0. The third-order valence-electron chi connectivity index (χ3n) is 4.73. The Morgan fingerprint density at radius 2 is 1.61 bits per heavy atom. The molecule has 1 saturated heterocycles. The van der Waals surface area contributed by atoms with Crippen LogP contribution in [0, 0.1) is 0 Å². The van der Waals surface area contributed by atoms with Gasteiger partial charge in [-0.2, -0.15) is 0 Å². The maximum absolute atomic E-state index is 12.4. The van der Waals surface area contributed by atoms with E-state index in [9.17, 15) is 4.79 Å². The van der Waals surface area contributed by atoms with Gasteiger partial charge in [-0.1, -0.05) is 23.2 Å². The molecule has 0 unspecified atom stereocenters. The normalized spacial score (nSPS) is 16.7. The average molecular weight is 464 g/mol. The molecular weight excluding hydrogens is 437 g/mol. The summed E-state index contributed by atoms with van der Waals surface area (Å²) in [5.74, 6) is 1.25. The maximum Gasteiger partial charge on any atom is 0.410 e. The fourth-order valence-electron chi connectivity index (χ4n) is 3.30. The van der Waals surface area contributed by atoms with Gasteiger partial charge in [0.05, 0.1) is 10.6 Å². The molecule has 0 aromatic carbocycles. The van der Waals surface area contributed by atoms with Crippen molar-refractivity contribution >= 4 is 45.2 Å². The van der Waals surface area contributed by atoms with Gasteiger partial charge in [0, 0.05) is 54.2 Å². The van der Waals surface area contributed by atoms with Crippen molar-refractivity contribution in [2.45, 2.75) is 40.2 Å². The zero-order chi connectivity index (χ0) is 22.8. The van der Waals surface area contributed by atoms with Gasteiger partial charge in [-0.3, -0.25) is 4.98 Å². The van der Waals surface area contributed by atoms with E-state index in [1.165, 1.54) is 0 Å². The van der Waals surface area contributed by atoms with Crippen LogP contribution in [0.25, 0.3) is 21.5 Å². The summed E-state index contributed by atoms with van der Waals surface area (Å²) in [6, 6.07) is 3.70. The van der Waals surface area contributed by atoms with Gasteiger partial charge in [-0.25, -0.2) is 14.8 Å². The van der Waals surface area contributed by atoms with Crippen LogP contribution in [0.2, 0.25) is 0 Å². The Kier molecular flexibility index (Phi) is 7.06. The van der Waals surface area contributed by atoms with E-state index in [1.54, 1.807) is 31.1 Å². The molecule has 3 heterocycles. The van der Waals surface area contributed by atoms with Crippen molar-refractivity contribution in [3.05, 3.63) is 35.1 Å². The lowest BCUT2D eigenvalue weighted by Gasteiger charge is -2.36. The van der Waals surface area contributed by atoms with Gasteiger partial charge in [-0.15, -0.1) is 0 Å². The van der Waals surface area contributed by atoms with Crippen molar-refractivity contribution in [1.29, 1.82) is 0 Å². The van der Waals surface area contributed by atoms with Crippen LogP contribution in [-0.2, 0) is 4.74 Å². The molecule has 0 aliphatic carbocycles. The first kappa shape index (κ1) is 23.3. The summed E-state index contributed by atoms with van der Waals surface area (Å²) in [4.78, 5) is 29.8. The predicted molar refractivity (Wildman–Crippen MR) is 124 cm³/mol. The van der Waals surface area contributed by atoms with Crippen LogP contribution in [0.5, 0.6) is 0 Å². The number of hydrogen-bond donors (Lipinski definition) is 0. The number of pyridine rings is 1. The highest BCUT2D eigenvalue weighted by Crippen LogP contribution is 2.18. The molecule has 31 heavy (non-hydrogen) atoms. The number of amides is 1. The molecule has 7 nitrogen and oxygen atoms in total. The molecule has 0 bridgehead atoms. The van der Waals surface area contributed by atoms with E-state index in [0.29, 0.717) is 58.5 Å². The van der Waals surface area contributed by atoms with Crippen molar-refractivity contribution in [1.82, 2.24) is 19.9 Å². The van der Waals surface area contributed by atoms with Crippen molar-refractivity contribution in [3.8, 4) is 11.4 Å². The quantitative estimate of drug-likeness (QED) is 0.679. The third-order valence-corrected chi connectivity index (χ3v) is 5.10. The molecule has 0 spiro atoms. The topological polar surface area (TPSA) is 71.5 Å². The summed E-state index contributed by atoms with van der Waals surface area (Å²) in [5.41, 5.74) is 0.308. The second kappa shape index (κ2) is 9.40. The molecule has 0 N–H and O–H groups in total. The smallest absolute Gasteiger partial charge is 0.410 e. The van der Waals surface area contributed by atoms with Crippen LogP contribution in [0.15, 0.2) is 24.5 Å². The molecule has 9 heteroatoms. The van der Waals surface area contributed by atoms with E-state index in [-0.39, 0.29) is 6.09 Å². The predicted octanol–water partition coefficient (Wildman–Crippen LogP) is 3.33. The minimum Gasteiger partial charge on any atom is -0.444 e. The molecule has 1 aliphatic rings. The Bertz CT molecular complexity index is 1070. The number of rotatable bonds is 2. The number of aromatic nitrogens is 3. The molecule has 2 aromatic rings. The number of nitrogens with zero attached hydrogens (tertiary/aromatic N) is 5. The number of piperazine rings is 1. The van der Waals surface area contributed by atoms with Crippen LogP contribution < -0.4 is 15.5 Å². The maximum atomic E-state index is 12.4.